The van der Waals surface area contributed by atoms with Crippen molar-refractivity contribution in [3.05, 3.63) is 0 Å². The van der Waals surface area contributed by atoms with Crippen molar-refractivity contribution in [2.75, 3.05) is 25.9 Å². The molecule has 0 saturated heterocycles. The van der Waals surface area contributed by atoms with E-state index >= 15 is 0 Å². The molecule has 0 aromatic rings. The van der Waals surface area contributed by atoms with Crippen molar-refractivity contribution in [3.63, 3.8) is 0 Å². The molecule has 0 heterocycles. The van der Waals surface area contributed by atoms with E-state index in [-0.39, 0.29) is 0 Å². The van der Waals surface area contributed by atoms with Crippen LogP contribution in [-0.4, -0.2) is 25.9 Å². The molecule has 0 amide bonds. The molecule has 0 saturated carbocycles. The van der Waals surface area contributed by atoms with Gasteiger partial charge in [-0.2, -0.15) is 0 Å². The predicted molar refractivity (Wildman–Crippen MR) is 57.2 cm³/mol. The Kier molecular flexibility index (Phi) is 8.56. The van der Waals surface area contributed by atoms with Gasteiger partial charge in [0.15, 0.2) is 0 Å². The first kappa shape index (κ1) is 13.8. The zero-order valence-electron chi connectivity index (χ0n) is 7.79. The van der Waals surface area contributed by atoms with Gasteiger partial charge in [0, 0.05) is 17.7 Å². The summed E-state index contributed by atoms with van der Waals surface area (Å²) in [5, 5.41) is 0. The summed E-state index contributed by atoms with van der Waals surface area (Å²) in [6.07, 6.45) is 0.342. The van der Waals surface area contributed by atoms with Crippen LogP contribution in [0.4, 0.5) is 0 Å². The van der Waals surface area contributed by atoms with Gasteiger partial charge in [-0.1, -0.05) is 0 Å². The maximum Gasteiger partial charge on any atom is 0.331 e. The summed E-state index contributed by atoms with van der Waals surface area (Å²) < 4.78 is 24.6. The van der Waals surface area contributed by atoms with Crippen molar-refractivity contribution in [2.24, 2.45) is 0 Å². The number of halogens is 1. The monoisotopic (exact) mass is 247 g/mol. The largest absolute Gasteiger partial charge is 0.331 e. The third kappa shape index (κ3) is 6.77. The second kappa shape index (κ2) is 8.09. The third-order valence-electron chi connectivity index (χ3n) is 1.19. The lowest BCUT2D eigenvalue weighted by molar-refractivity contribution is 0.220. The first-order valence-corrected chi connectivity index (χ1v) is 7.44. The van der Waals surface area contributed by atoms with Crippen LogP contribution in [0.2, 0.25) is 0 Å². The zero-order valence-corrected chi connectivity index (χ0v) is 10.3. The predicted octanol–water partition coefficient (Wildman–Crippen LogP) is 2.64. The van der Waals surface area contributed by atoms with Crippen LogP contribution in [0.3, 0.4) is 0 Å². The molecule has 4 nitrogen and oxygen atoms in total. The topological polar surface area (TPSA) is 47.6 Å². The first-order chi connectivity index (χ1) is 6.18. The summed E-state index contributed by atoms with van der Waals surface area (Å²) in [5.41, 5.74) is 0. The van der Waals surface area contributed by atoms with Crippen molar-refractivity contribution in [2.45, 2.75) is 13.8 Å². The fraction of sp³-hybridized carbons (Fsp3) is 1.00. The highest BCUT2D eigenvalue weighted by Gasteiger charge is 2.22. The number of hydrogen-bond acceptors (Lipinski definition) is 5. The molecule has 0 aliphatic rings. The number of hydrogen-bond donors (Lipinski definition) is 1. The van der Waals surface area contributed by atoms with E-state index in [2.05, 4.69) is 4.72 Å². The minimum absolute atomic E-state index is 0.342. The van der Waals surface area contributed by atoms with Crippen LogP contribution in [0.15, 0.2) is 0 Å². The molecule has 0 spiro atoms. The minimum Gasteiger partial charge on any atom is -0.309 e. The fourth-order valence-corrected chi connectivity index (χ4v) is 2.85. The van der Waals surface area contributed by atoms with E-state index in [4.69, 9.17) is 19.7 Å². The zero-order chi connectivity index (χ0) is 10.2. The summed E-state index contributed by atoms with van der Waals surface area (Å²) in [7, 11) is 2.44. The maximum atomic E-state index is 11.8. The minimum atomic E-state index is -2.88. The molecule has 0 aromatic carbocycles. The Bertz CT molecular complexity index is 162. The molecule has 7 heteroatoms. The van der Waals surface area contributed by atoms with Crippen molar-refractivity contribution in [1.82, 2.24) is 4.72 Å². The van der Waals surface area contributed by atoms with E-state index in [1.54, 1.807) is 13.8 Å². The number of rotatable bonds is 8. The summed E-state index contributed by atoms with van der Waals surface area (Å²) in [6.45, 7) is 4.87. The van der Waals surface area contributed by atoms with Crippen LogP contribution in [0.1, 0.15) is 13.8 Å². The smallest absolute Gasteiger partial charge is 0.309 e. The SMILES string of the molecule is CCOP(=O)(CCNSCl)OCC. The normalized spacial score (nSPS) is 11.9. The van der Waals surface area contributed by atoms with Crippen molar-refractivity contribution in [1.29, 1.82) is 0 Å². The molecule has 0 aromatic heterocycles. The van der Waals surface area contributed by atoms with Crippen molar-refractivity contribution < 1.29 is 13.6 Å². The molecular formula is C6H15ClNO3PS. The lowest BCUT2D eigenvalue weighted by Gasteiger charge is -2.16. The van der Waals surface area contributed by atoms with E-state index in [0.717, 1.165) is 11.2 Å². The Morgan fingerprint density at radius 2 is 1.92 bits per heavy atom. The lowest BCUT2D eigenvalue weighted by Crippen LogP contribution is -2.11. The molecule has 0 fully saturated rings. The Morgan fingerprint density at radius 3 is 2.31 bits per heavy atom. The van der Waals surface area contributed by atoms with Gasteiger partial charge in [-0.15, -0.1) is 0 Å². The van der Waals surface area contributed by atoms with Crippen LogP contribution in [-0.2, 0) is 13.6 Å². The average molecular weight is 248 g/mol. The molecule has 1 N–H and O–H groups in total. The first-order valence-electron chi connectivity index (χ1n) is 4.07. The van der Waals surface area contributed by atoms with E-state index in [1.807, 2.05) is 0 Å². The third-order valence-corrected chi connectivity index (χ3v) is 3.91. The molecule has 13 heavy (non-hydrogen) atoms. The highest BCUT2D eigenvalue weighted by atomic mass is 35.7. The quantitative estimate of drug-likeness (QED) is 0.406. The van der Waals surface area contributed by atoms with Crippen LogP contribution >= 0.6 is 29.4 Å². The van der Waals surface area contributed by atoms with Gasteiger partial charge in [-0.3, -0.25) is 4.57 Å². The molecular weight excluding hydrogens is 233 g/mol. The van der Waals surface area contributed by atoms with Gasteiger partial charge < -0.3 is 9.05 Å². The molecule has 0 aliphatic heterocycles. The molecule has 0 atom stereocenters. The van der Waals surface area contributed by atoms with Crippen LogP contribution in [0.25, 0.3) is 0 Å². The van der Waals surface area contributed by atoms with Gasteiger partial charge in [0.25, 0.3) is 0 Å². The van der Waals surface area contributed by atoms with Crippen LogP contribution in [0, 0.1) is 0 Å². The molecule has 0 radical (unpaired) electrons. The van der Waals surface area contributed by atoms with Gasteiger partial charge in [0.2, 0.25) is 0 Å². The van der Waals surface area contributed by atoms with Gasteiger partial charge >= 0.3 is 7.60 Å². The highest BCUT2D eigenvalue weighted by molar-refractivity contribution is 8.19. The molecule has 80 valence electrons. The van der Waals surface area contributed by atoms with Gasteiger partial charge in [-0.25, -0.2) is 4.72 Å². The van der Waals surface area contributed by atoms with Gasteiger partial charge in [-0.05, 0) is 24.5 Å². The summed E-state index contributed by atoms with van der Waals surface area (Å²) >= 11 is 0.968. The Labute approximate surface area is 87.9 Å². The van der Waals surface area contributed by atoms with E-state index < -0.39 is 7.60 Å². The van der Waals surface area contributed by atoms with Crippen LogP contribution < -0.4 is 4.72 Å². The van der Waals surface area contributed by atoms with E-state index in [1.165, 1.54) is 0 Å². The van der Waals surface area contributed by atoms with Crippen molar-refractivity contribution in [3.8, 4) is 0 Å². The molecule has 0 aliphatic carbocycles. The molecule has 0 rings (SSSR count). The summed E-state index contributed by atoms with van der Waals surface area (Å²) in [6, 6.07) is 0. The maximum absolute atomic E-state index is 11.8. The average Bonchev–Trinajstić information content (AvgIpc) is 2.05. The molecule has 0 bridgehead atoms. The summed E-state index contributed by atoms with van der Waals surface area (Å²) in [5.74, 6) is 0. The van der Waals surface area contributed by atoms with Gasteiger partial charge in [0.05, 0.1) is 19.4 Å². The standard InChI is InChI=1S/C6H15ClNO3PS/c1-3-10-12(9,11-4-2)6-5-8-13-7/h8H,3-6H2,1-2H3. The lowest BCUT2D eigenvalue weighted by atomic mass is 10.8. The Hall–Kier alpha value is 0.750. The van der Waals surface area contributed by atoms with E-state index in [9.17, 15) is 4.57 Å². The Balaban J connectivity index is 3.85. The summed E-state index contributed by atoms with van der Waals surface area (Å²) in [4.78, 5) is 0. The number of nitrogens with one attached hydrogen (secondary N) is 1. The van der Waals surface area contributed by atoms with E-state index in [0.29, 0.717) is 25.9 Å². The highest BCUT2D eigenvalue weighted by Crippen LogP contribution is 2.47. The van der Waals surface area contributed by atoms with Crippen molar-refractivity contribution >= 4 is 29.4 Å². The second-order valence-corrected chi connectivity index (χ2v) is 5.23. The van der Waals surface area contributed by atoms with Crippen LogP contribution in [0.5, 0.6) is 0 Å². The fourth-order valence-electron chi connectivity index (χ4n) is 0.781. The Morgan fingerprint density at radius 1 is 1.38 bits per heavy atom. The molecule has 0 unspecified atom stereocenters. The second-order valence-electron chi connectivity index (χ2n) is 2.14. The van der Waals surface area contributed by atoms with Gasteiger partial charge in [0.1, 0.15) is 0 Å².